The number of hydrogen-bond acceptors (Lipinski definition) is 4. The highest BCUT2D eigenvalue weighted by molar-refractivity contribution is 5.28. The van der Waals surface area contributed by atoms with Crippen molar-refractivity contribution in [1.82, 2.24) is 25.0 Å². The summed E-state index contributed by atoms with van der Waals surface area (Å²) in [4.78, 5) is 9.12. The van der Waals surface area contributed by atoms with Gasteiger partial charge in [0.2, 0.25) is 0 Å². The van der Waals surface area contributed by atoms with E-state index in [9.17, 15) is 0 Å². The van der Waals surface area contributed by atoms with Crippen LogP contribution in [-0.4, -0.2) is 25.0 Å². The van der Waals surface area contributed by atoms with Crippen LogP contribution < -0.4 is 0 Å². The molecule has 5 nitrogen and oxygen atoms in total. The second kappa shape index (κ2) is 8.57. The van der Waals surface area contributed by atoms with Gasteiger partial charge in [-0.05, 0) is 40.8 Å². The first-order valence-electron chi connectivity index (χ1n) is 10.3. The minimum atomic E-state index is 0.0450. The summed E-state index contributed by atoms with van der Waals surface area (Å²) in [6.45, 7) is 7.39. The molecule has 0 aliphatic rings. The molecule has 1 aromatic carbocycles. The Morgan fingerprint density at radius 3 is 2.00 bits per heavy atom. The van der Waals surface area contributed by atoms with Gasteiger partial charge < -0.3 is 0 Å². The highest BCUT2D eigenvalue weighted by Gasteiger charge is 2.19. The molecular weight excluding hydrogens is 370 g/mol. The van der Waals surface area contributed by atoms with Crippen molar-refractivity contribution in [3.63, 3.8) is 0 Å². The predicted molar refractivity (Wildman–Crippen MR) is 118 cm³/mol. The molecule has 0 radical (unpaired) electrons. The smallest absolute Gasteiger partial charge is 0.0837 e. The molecule has 0 saturated heterocycles. The van der Waals surface area contributed by atoms with Gasteiger partial charge in [0.25, 0.3) is 0 Å². The molecule has 3 heterocycles. The quantitative estimate of drug-likeness (QED) is 0.469. The fourth-order valence-electron chi connectivity index (χ4n) is 3.54. The van der Waals surface area contributed by atoms with Gasteiger partial charge in [-0.15, -0.1) is 5.10 Å². The molecule has 5 heteroatoms. The summed E-state index contributed by atoms with van der Waals surface area (Å²) >= 11 is 0. The fraction of sp³-hybridized carbons (Fsp3) is 0.280. The van der Waals surface area contributed by atoms with Crippen LogP contribution >= 0.6 is 0 Å². The molecule has 0 unspecified atom stereocenters. The number of aromatic nitrogens is 5. The third-order valence-electron chi connectivity index (χ3n) is 5.25. The zero-order valence-electron chi connectivity index (χ0n) is 17.7. The van der Waals surface area contributed by atoms with Crippen LogP contribution in [0.15, 0.2) is 79.3 Å². The molecular formula is C25H27N5. The molecule has 0 saturated carbocycles. The molecule has 0 aliphatic carbocycles. The summed E-state index contributed by atoms with van der Waals surface area (Å²) < 4.78 is 1.90. The third-order valence-corrected chi connectivity index (χ3v) is 5.25. The van der Waals surface area contributed by atoms with Crippen molar-refractivity contribution in [2.45, 2.75) is 45.1 Å². The maximum atomic E-state index is 4.56. The van der Waals surface area contributed by atoms with Crippen LogP contribution in [0, 0.1) is 0 Å². The van der Waals surface area contributed by atoms with E-state index in [1.54, 1.807) is 0 Å². The van der Waals surface area contributed by atoms with Crippen molar-refractivity contribution in [2.24, 2.45) is 0 Å². The second-order valence-corrected chi connectivity index (χ2v) is 8.62. The molecule has 0 N–H and O–H groups in total. The highest BCUT2D eigenvalue weighted by Crippen LogP contribution is 2.25. The molecule has 4 rings (SSSR count). The number of rotatable bonds is 6. The highest BCUT2D eigenvalue weighted by atomic mass is 15.4. The molecule has 0 atom stereocenters. The van der Waals surface area contributed by atoms with Gasteiger partial charge >= 0.3 is 0 Å². The van der Waals surface area contributed by atoms with E-state index in [0.29, 0.717) is 13.0 Å². The summed E-state index contributed by atoms with van der Waals surface area (Å²) in [5.41, 5.74) is 5.62. The van der Waals surface area contributed by atoms with Crippen LogP contribution in [0.4, 0.5) is 0 Å². The minimum Gasteiger partial charge on any atom is -0.261 e. The number of pyridine rings is 2. The lowest BCUT2D eigenvalue weighted by Crippen LogP contribution is -2.11. The van der Waals surface area contributed by atoms with E-state index < -0.39 is 0 Å². The monoisotopic (exact) mass is 397 g/mol. The molecule has 0 aliphatic heterocycles. The molecule has 0 bridgehead atoms. The first-order chi connectivity index (χ1) is 14.5. The standard InChI is InChI=1S/C25H27N5/c1-25(2,3)20-12-10-19(11-13-20)17-30-18-21(28-29-30)16-22(23-8-4-6-14-26-23)24-9-5-7-15-27-24/h4-15,18,22H,16-17H2,1-3H3. The van der Waals surface area contributed by atoms with Crippen LogP contribution in [0.25, 0.3) is 0 Å². The Balaban J connectivity index is 1.51. The molecule has 152 valence electrons. The van der Waals surface area contributed by atoms with Gasteiger partial charge in [0.05, 0.1) is 12.2 Å². The summed E-state index contributed by atoms with van der Waals surface area (Å²) in [6.07, 6.45) is 6.38. The molecule has 3 aromatic heterocycles. The van der Waals surface area contributed by atoms with Gasteiger partial charge in [-0.2, -0.15) is 0 Å². The Morgan fingerprint density at radius 1 is 0.833 bits per heavy atom. The Morgan fingerprint density at radius 2 is 1.47 bits per heavy atom. The van der Waals surface area contributed by atoms with E-state index >= 15 is 0 Å². The summed E-state index contributed by atoms with van der Waals surface area (Å²) in [5.74, 6) is 0.0450. The maximum Gasteiger partial charge on any atom is 0.0837 e. The zero-order chi connectivity index (χ0) is 21.0. The minimum absolute atomic E-state index is 0.0450. The van der Waals surface area contributed by atoms with Gasteiger partial charge in [-0.3, -0.25) is 9.97 Å². The third kappa shape index (κ3) is 4.79. The van der Waals surface area contributed by atoms with Crippen LogP contribution in [-0.2, 0) is 18.4 Å². The van der Waals surface area contributed by atoms with Crippen LogP contribution in [0.2, 0.25) is 0 Å². The lowest BCUT2D eigenvalue weighted by molar-refractivity contribution is 0.589. The van der Waals surface area contributed by atoms with E-state index in [2.05, 4.69) is 65.3 Å². The molecule has 4 aromatic rings. The SMILES string of the molecule is CC(C)(C)c1ccc(Cn2cc(CC(c3ccccn3)c3ccccn3)nn2)cc1. The Bertz CT molecular complexity index is 1020. The van der Waals surface area contributed by atoms with Gasteiger partial charge in [-0.25, -0.2) is 4.68 Å². The summed E-state index contributed by atoms with van der Waals surface area (Å²) in [7, 11) is 0. The molecule has 30 heavy (non-hydrogen) atoms. The summed E-state index contributed by atoms with van der Waals surface area (Å²) in [5, 5.41) is 8.77. The van der Waals surface area contributed by atoms with Crippen molar-refractivity contribution in [3.05, 3.63) is 107 Å². The van der Waals surface area contributed by atoms with Crippen LogP contribution in [0.5, 0.6) is 0 Å². The fourth-order valence-corrected chi connectivity index (χ4v) is 3.54. The topological polar surface area (TPSA) is 56.5 Å². The van der Waals surface area contributed by atoms with Crippen molar-refractivity contribution < 1.29 is 0 Å². The maximum absolute atomic E-state index is 4.56. The van der Waals surface area contributed by atoms with Gasteiger partial charge in [0.15, 0.2) is 0 Å². The first-order valence-corrected chi connectivity index (χ1v) is 10.3. The predicted octanol–water partition coefficient (Wildman–Crippen LogP) is 4.79. The van der Waals surface area contributed by atoms with Gasteiger partial charge in [-0.1, -0.05) is 62.4 Å². The van der Waals surface area contributed by atoms with E-state index in [1.807, 2.05) is 59.7 Å². The van der Waals surface area contributed by atoms with Crippen molar-refractivity contribution in [2.75, 3.05) is 0 Å². The van der Waals surface area contributed by atoms with Crippen LogP contribution in [0.3, 0.4) is 0 Å². The largest absolute Gasteiger partial charge is 0.261 e. The van der Waals surface area contributed by atoms with E-state index in [-0.39, 0.29) is 11.3 Å². The Kier molecular flexibility index (Phi) is 5.70. The lowest BCUT2D eigenvalue weighted by atomic mass is 9.87. The second-order valence-electron chi connectivity index (χ2n) is 8.62. The van der Waals surface area contributed by atoms with Crippen molar-refractivity contribution in [1.29, 1.82) is 0 Å². The zero-order valence-corrected chi connectivity index (χ0v) is 17.7. The van der Waals surface area contributed by atoms with Gasteiger partial charge in [0, 0.05) is 42.3 Å². The Hall–Kier alpha value is -3.34. The van der Waals surface area contributed by atoms with E-state index in [1.165, 1.54) is 11.1 Å². The number of hydrogen-bond donors (Lipinski definition) is 0. The number of nitrogens with zero attached hydrogens (tertiary/aromatic N) is 5. The summed E-state index contributed by atoms with van der Waals surface area (Å²) in [6, 6.07) is 20.7. The molecule has 0 fully saturated rings. The number of benzene rings is 1. The normalized spacial score (nSPS) is 11.7. The molecule has 0 amide bonds. The van der Waals surface area contributed by atoms with E-state index in [0.717, 1.165) is 17.1 Å². The van der Waals surface area contributed by atoms with Crippen molar-refractivity contribution in [3.8, 4) is 0 Å². The van der Waals surface area contributed by atoms with Crippen LogP contribution in [0.1, 0.15) is 54.9 Å². The average molecular weight is 398 g/mol. The lowest BCUT2D eigenvalue weighted by Gasteiger charge is -2.19. The Labute approximate surface area is 177 Å². The van der Waals surface area contributed by atoms with Crippen molar-refractivity contribution >= 4 is 0 Å². The first kappa shape index (κ1) is 20.0. The molecule has 0 spiro atoms. The van der Waals surface area contributed by atoms with E-state index in [4.69, 9.17) is 0 Å². The average Bonchev–Trinajstić information content (AvgIpc) is 3.20. The van der Waals surface area contributed by atoms with Gasteiger partial charge in [0.1, 0.15) is 0 Å².